The molecule has 0 aliphatic carbocycles. The monoisotopic (exact) mass is 217 g/mol. The number of carbonyl (C=O) groups excluding carboxylic acids is 1. The molecule has 0 aliphatic heterocycles. The topological polar surface area (TPSA) is 38.3 Å². The Labute approximate surface area is 85.8 Å². The summed E-state index contributed by atoms with van der Waals surface area (Å²) in [6.07, 6.45) is -0.537. The zero-order chi connectivity index (χ0) is 10.6. The number of nitrogens with one attached hydrogen (secondary N) is 1. The number of hydrogen-bond donors (Lipinski definition) is 1. The van der Waals surface area contributed by atoms with Gasteiger partial charge in [0, 0.05) is 6.54 Å². The standard InChI is InChI=1S/C9H9ClFNO2/c1-14-9(13)12-5-6-2-3-8(11)7(10)4-6/h2-4H,5H2,1H3,(H,12,13). The molecule has 0 fully saturated rings. The molecule has 1 N–H and O–H groups in total. The molecule has 76 valence electrons. The first-order chi connectivity index (χ1) is 6.63. The van der Waals surface area contributed by atoms with E-state index in [0.29, 0.717) is 5.56 Å². The number of halogens is 2. The van der Waals surface area contributed by atoms with E-state index in [-0.39, 0.29) is 11.6 Å². The normalized spacial score (nSPS) is 9.64. The summed E-state index contributed by atoms with van der Waals surface area (Å²) >= 11 is 5.54. The highest BCUT2D eigenvalue weighted by Crippen LogP contribution is 2.15. The van der Waals surface area contributed by atoms with Crippen LogP contribution in [0.1, 0.15) is 5.56 Å². The molecule has 0 unspecified atom stereocenters. The first-order valence-corrected chi connectivity index (χ1v) is 4.27. The molecule has 3 nitrogen and oxygen atoms in total. The summed E-state index contributed by atoms with van der Waals surface area (Å²) in [4.78, 5) is 10.7. The summed E-state index contributed by atoms with van der Waals surface area (Å²) in [5, 5.41) is 2.49. The number of amides is 1. The van der Waals surface area contributed by atoms with Gasteiger partial charge < -0.3 is 10.1 Å². The van der Waals surface area contributed by atoms with E-state index >= 15 is 0 Å². The Balaban J connectivity index is 2.60. The van der Waals surface area contributed by atoms with Gasteiger partial charge in [-0.1, -0.05) is 17.7 Å². The number of benzene rings is 1. The lowest BCUT2D eigenvalue weighted by Crippen LogP contribution is -2.22. The van der Waals surface area contributed by atoms with Crippen molar-refractivity contribution in [2.75, 3.05) is 7.11 Å². The molecule has 14 heavy (non-hydrogen) atoms. The Morgan fingerprint density at radius 2 is 2.36 bits per heavy atom. The Bertz CT molecular complexity index is 344. The third kappa shape index (κ3) is 2.88. The lowest BCUT2D eigenvalue weighted by atomic mass is 10.2. The molecule has 0 saturated heterocycles. The van der Waals surface area contributed by atoms with Crippen LogP contribution in [0.5, 0.6) is 0 Å². The number of rotatable bonds is 2. The largest absolute Gasteiger partial charge is 0.453 e. The molecule has 5 heteroatoms. The molecule has 1 rings (SSSR count). The summed E-state index contributed by atoms with van der Waals surface area (Å²) in [6.45, 7) is 0.257. The fraction of sp³-hybridized carbons (Fsp3) is 0.222. The van der Waals surface area contributed by atoms with Gasteiger partial charge in [0.1, 0.15) is 5.82 Å². The molecule has 0 bridgehead atoms. The van der Waals surface area contributed by atoms with Gasteiger partial charge >= 0.3 is 6.09 Å². The van der Waals surface area contributed by atoms with Crippen molar-refractivity contribution in [3.05, 3.63) is 34.6 Å². The third-order valence-electron chi connectivity index (χ3n) is 1.61. The Hall–Kier alpha value is -1.29. The SMILES string of the molecule is COC(=O)NCc1ccc(F)c(Cl)c1. The highest BCUT2D eigenvalue weighted by atomic mass is 35.5. The van der Waals surface area contributed by atoms with E-state index in [1.807, 2.05) is 0 Å². The van der Waals surface area contributed by atoms with E-state index in [2.05, 4.69) is 10.1 Å². The zero-order valence-corrected chi connectivity index (χ0v) is 8.27. The second kappa shape index (κ2) is 4.81. The van der Waals surface area contributed by atoms with Crippen LogP contribution >= 0.6 is 11.6 Å². The summed E-state index contributed by atoms with van der Waals surface area (Å²) in [6, 6.07) is 4.24. The molecule has 1 amide bonds. The summed E-state index contributed by atoms with van der Waals surface area (Å²) < 4.78 is 17.1. The highest BCUT2D eigenvalue weighted by molar-refractivity contribution is 6.30. The van der Waals surface area contributed by atoms with E-state index in [1.54, 1.807) is 0 Å². The van der Waals surface area contributed by atoms with Gasteiger partial charge in [0.25, 0.3) is 0 Å². The van der Waals surface area contributed by atoms with Gasteiger partial charge in [-0.25, -0.2) is 9.18 Å². The van der Waals surface area contributed by atoms with Crippen LogP contribution in [0.2, 0.25) is 5.02 Å². The number of hydrogen-bond acceptors (Lipinski definition) is 2. The van der Waals surface area contributed by atoms with E-state index in [0.717, 1.165) is 0 Å². The lowest BCUT2D eigenvalue weighted by molar-refractivity contribution is 0.170. The van der Waals surface area contributed by atoms with Gasteiger partial charge in [0.15, 0.2) is 0 Å². The quantitative estimate of drug-likeness (QED) is 0.826. The molecule has 0 heterocycles. The Morgan fingerprint density at radius 1 is 1.64 bits per heavy atom. The molecule has 0 aliphatic rings. The maximum atomic E-state index is 12.7. The predicted octanol–water partition coefficient (Wildman–Crippen LogP) is 2.34. The van der Waals surface area contributed by atoms with Crippen LogP contribution in [0.25, 0.3) is 0 Å². The zero-order valence-electron chi connectivity index (χ0n) is 7.51. The molecule has 0 saturated carbocycles. The van der Waals surface area contributed by atoms with Gasteiger partial charge in [0.05, 0.1) is 12.1 Å². The minimum absolute atomic E-state index is 0.0363. The molecule has 1 aromatic rings. The first-order valence-electron chi connectivity index (χ1n) is 3.89. The minimum atomic E-state index is -0.537. The van der Waals surface area contributed by atoms with Crippen LogP contribution in [-0.2, 0) is 11.3 Å². The van der Waals surface area contributed by atoms with Crippen LogP contribution < -0.4 is 5.32 Å². The third-order valence-corrected chi connectivity index (χ3v) is 1.90. The van der Waals surface area contributed by atoms with Crippen molar-refractivity contribution in [1.82, 2.24) is 5.32 Å². The Kier molecular flexibility index (Phi) is 3.71. The number of alkyl carbamates (subject to hydrolysis) is 1. The van der Waals surface area contributed by atoms with Gasteiger partial charge in [0.2, 0.25) is 0 Å². The average molecular weight is 218 g/mol. The summed E-state index contributed by atoms with van der Waals surface area (Å²) in [5.41, 5.74) is 0.710. The van der Waals surface area contributed by atoms with Crippen LogP contribution in [0, 0.1) is 5.82 Å². The molecule has 0 aromatic heterocycles. The van der Waals surface area contributed by atoms with Gasteiger partial charge in [-0.2, -0.15) is 0 Å². The van der Waals surface area contributed by atoms with Gasteiger partial charge in [-0.15, -0.1) is 0 Å². The smallest absolute Gasteiger partial charge is 0.407 e. The minimum Gasteiger partial charge on any atom is -0.453 e. The maximum absolute atomic E-state index is 12.7. The summed E-state index contributed by atoms with van der Waals surface area (Å²) in [7, 11) is 1.27. The number of methoxy groups -OCH3 is 1. The van der Waals surface area contributed by atoms with Crippen LogP contribution in [0.15, 0.2) is 18.2 Å². The van der Waals surface area contributed by atoms with E-state index in [9.17, 15) is 9.18 Å². The molecule has 0 radical (unpaired) electrons. The van der Waals surface area contributed by atoms with E-state index < -0.39 is 11.9 Å². The number of ether oxygens (including phenoxy) is 1. The second-order valence-corrected chi connectivity index (χ2v) is 3.00. The average Bonchev–Trinajstić information content (AvgIpc) is 2.19. The Morgan fingerprint density at radius 3 is 2.93 bits per heavy atom. The van der Waals surface area contributed by atoms with Crippen molar-refractivity contribution < 1.29 is 13.9 Å². The van der Waals surface area contributed by atoms with E-state index in [4.69, 9.17) is 11.6 Å². The van der Waals surface area contributed by atoms with Crippen molar-refractivity contribution >= 4 is 17.7 Å². The highest BCUT2D eigenvalue weighted by Gasteiger charge is 2.02. The van der Waals surface area contributed by atoms with Crippen molar-refractivity contribution in [3.63, 3.8) is 0 Å². The molecule has 0 atom stereocenters. The molecule has 0 spiro atoms. The van der Waals surface area contributed by atoms with Crippen LogP contribution in [0.4, 0.5) is 9.18 Å². The van der Waals surface area contributed by atoms with Crippen molar-refractivity contribution in [2.24, 2.45) is 0 Å². The maximum Gasteiger partial charge on any atom is 0.407 e. The van der Waals surface area contributed by atoms with Gasteiger partial charge in [-0.3, -0.25) is 0 Å². The molecular formula is C9H9ClFNO2. The van der Waals surface area contributed by atoms with Crippen molar-refractivity contribution in [1.29, 1.82) is 0 Å². The fourth-order valence-corrected chi connectivity index (χ4v) is 1.10. The molecular weight excluding hydrogens is 209 g/mol. The van der Waals surface area contributed by atoms with Crippen LogP contribution in [-0.4, -0.2) is 13.2 Å². The lowest BCUT2D eigenvalue weighted by Gasteiger charge is -2.04. The predicted molar refractivity (Wildman–Crippen MR) is 50.7 cm³/mol. The second-order valence-electron chi connectivity index (χ2n) is 2.59. The summed E-state index contributed by atoms with van der Waals surface area (Å²) in [5.74, 6) is -0.478. The van der Waals surface area contributed by atoms with Crippen molar-refractivity contribution in [3.8, 4) is 0 Å². The number of carbonyl (C=O) groups is 1. The van der Waals surface area contributed by atoms with Gasteiger partial charge in [-0.05, 0) is 17.7 Å². The molecule has 1 aromatic carbocycles. The van der Waals surface area contributed by atoms with Crippen LogP contribution in [0.3, 0.4) is 0 Å². The first kappa shape index (κ1) is 10.8. The van der Waals surface area contributed by atoms with E-state index in [1.165, 1.54) is 25.3 Å². The van der Waals surface area contributed by atoms with Crippen molar-refractivity contribution in [2.45, 2.75) is 6.54 Å². The fourth-order valence-electron chi connectivity index (χ4n) is 0.896.